The molecule has 0 aromatic rings. The van der Waals surface area contributed by atoms with Crippen molar-refractivity contribution in [3.05, 3.63) is 17.6 Å². The van der Waals surface area contributed by atoms with Crippen LogP contribution in [-0.2, 0) is 4.79 Å². The smallest absolute Gasteiger partial charge is 0.155 e. The van der Waals surface area contributed by atoms with Crippen molar-refractivity contribution in [1.82, 2.24) is 0 Å². The monoisotopic (exact) mass is 285 g/mol. The summed E-state index contributed by atoms with van der Waals surface area (Å²) in [7, 11) is 0. The van der Waals surface area contributed by atoms with Gasteiger partial charge in [-0.15, -0.1) is 0 Å². The summed E-state index contributed by atoms with van der Waals surface area (Å²) in [5, 5.41) is 0. The lowest BCUT2D eigenvalue weighted by molar-refractivity contribution is -0.116. The third-order valence-corrected chi connectivity index (χ3v) is 7.68. The van der Waals surface area contributed by atoms with E-state index in [1.165, 1.54) is 50.5 Å². The number of carbonyl (C=O) groups is 1. The minimum absolute atomic E-state index is 0.391. The van der Waals surface area contributed by atoms with Crippen LogP contribution in [0.4, 0.5) is 0 Å². The first-order valence-corrected chi connectivity index (χ1v) is 9.22. The van der Waals surface area contributed by atoms with Crippen LogP contribution in [0.25, 0.3) is 0 Å². The third-order valence-electron chi connectivity index (χ3n) is 7.68. The predicted molar refractivity (Wildman–Crippen MR) is 85.6 cm³/mol. The van der Waals surface area contributed by atoms with Gasteiger partial charge >= 0.3 is 0 Å². The highest BCUT2D eigenvalue weighted by atomic mass is 16.1. The first-order valence-electron chi connectivity index (χ1n) is 9.22. The van der Waals surface area contributed by atoms with Gasteiger partial charge in [-0.2, -0.15) is 0 Å². The average molecular weight is 285 g/mol. The van der Waals surface area contributed by atoms with E-state index in [0.29, 0.717) is 11.2 Å². The van der Waals surface area contributed by atoms with Crippen molar-refractivity contribution in [2.45, 2.75) is 71.6 Å². The quantitative estimate of drug-likeness (QED) is 0.654. The summed E-state index contributed by atoms with van der Waals surface area (Å²) in [4.78, 5) is 11.7. The molecular weight excluding hydrogens is 256 g/mol. The number of allylic oxidation sites excluding steroid dienone is 1. The molecule has 0 saturated heterocycles. The topological polar surface area (TPSA) is 17.1 Å². The van der Waals surface area contributed by atoms with Gasteiger partial charge in [-0.05, 0) is 92.4 Å². The largest absolute Gasteiger partial charge is 0.295 e. The lowest BCUT2D eigenvalue weighted by Crippen LogP contribution is -2.46. The first-order chi connectivity index (χ1) is 10.1. The van der Waals surface area contributed by atoms with E-state index in [1.807, 2.05) is 12.0 Å². The fourth-order valence-corrected chi connectivity index (χ4v) is 6.67. The Balaban J connectivity index is 1.61. The highest BCUT2D eigenvalue weighted by Crippen LogP contribution is 2.64. The summed E-state index contributed by atoms with van der Waals surface area (Å²) in [6.07, 6.45) is 13.5. The maximum atomic E-state index is 11.7. The lowest BCUT2D eigenvalue weighted by Gasteiger charge is -2.54. The fourth-order valence-electron chi connectivity index (χ4n) is 6.67. The van der Waals surface area contributed by atoms with Gasteiger partial charge < -0.3 is 0 Å². The molecule has 0 aromatic carbocycles. The second kappa shape index (κ2) is 4.96. The van der Waals surface area contributed by atoms with E-state index in [0.717, 1.165) is 36.5 Å². The molecule has 0 heterocycles. The Kier molecular flexibility index (Phi) is 3.32. The van der Waals surface area contributed by atoms with Crippen LogP contribution >= 0.6 is 0 Å². The zero-order valence-corrected chi connectivity index (χ0v) is 13.7. The molecule has 3 fully saturated rings. The molecule has 4 aliphatic rings. The van der Waals surface area contributed by atoms with Crippen LogP contribution in [0.2, 0.25) is 0 Å². The van der Waals surface area contributed by atoms with Crippen LogP contribution in [0.15, 0.2) is 11.6 Å². The Morgan fingerprint density at radius 2 is 1.95 bits per heavy atom. The molecule has 3 saturated carbocycles. The molecule has 1 heteroatoms. The number of rotatable bonds is 1. The molecule has 0 unspecified atom stereocenters. The van der Waals surface area contributed by atoms with Gasteiger partial charge in [0.05, 0.1) is 0 Å². The molecule has 4 aliphatic carbocycles. The van der Waals surface area contributed by atoms with Crippen LogP contribution in [0.3, 0.4) is 0 Å². The molecule has 115 valence electrons. The summed E-state index contributed by atoms with van der Waals surface area (Å²) < 4.78 is 0. The Morgan fingerprint density at radius 3 is 2.76 bits per heavy atom. The van der Waals surface area contributed by atoms with Gasteiger partial charge in [0.1, 0.15) is 0 Å². The molecule has 0 N–H and O–H groups in total. The van der Waals surface area contributed by atoms with Crippen molar-refractivity contribution >= 4 is 5.78 Å². The van der Waals surface area contributed by atoms with Gasteiger partial charge in [-0.25, -0.2) is 0 Å². The highest BCUT2D eigenvalue weighted by Gasteiger charge is 2.55. The zero-order valence-electron chi connectivity index (χ0n) is 13.7. The Bertz CT molecular complexity index is 476. The van der Waals surface area contributed by atoms with Gasteiger partial charge in [0.2, 0.25) is 0 Å². The molecule has 0 spiro atoms. The number of hydrogen-bond acceptors (Lipinski definition) is 1. The Morgan fingerprint density at radius 1 is 1.10 bits per heavy atom. The van der Waals surface area contributed by atoms with Gasteiger partial charge in [0, 0.05) is 6.42 Å². The van der Waals surface area contributed by atoms with E-state index in [2.05, 4.69) is 13.8 Å². The van der Waals surface area contributed by atoms with E-state index < -0.39 is 0 Å². The van der Waals surface area contributed by atoms with Gasteiger partial charge in [-0.1, -0.05) is 19.4 Å². The third kappa shape index (κ3) is 1.99. The molecule has 0 bridgehead atoms. The predicted octanol–water partition coefficient (Wildman–Crippen LogP) is 5.11. The molecule has 1 radical (unpaired) electrons. The van der Waals surface area contributed by atoms with Crippen molar-refractivity contribution in [1.29, 1.82) is 0 Å². The molecular formula is C20H29O. The minimum atomic E-state index is 0.391. The van der Waals surface area contributed by atoms with E-state index >= 15 is 0 Å². The van der Waals surface area contributed by atoms with Crippen molar-refractivity contribution in [2.75, 3.05) is 0 Å². The Labute approximate surface area is 129 Å². The molecule has 1 nitrogen and oxygen atoms in total. The number of hydrogen-bond donors (Lipinski definition) is 0. The fraction of sp³-hybridized carbons (Fsp3) is 0.800. The SMILES string of the molecule is CC[C]1CC[C@H]2[C@@H]3CCC4=CC(=O)CC[C@@H]4[C@H]3CC[C@]12C. The minimum Gasteiger partial charge on any atom is -0.295 e. The molecule has 4 rings (SSSR count). The standard InChI is InChI=1S/C20H29O/c1-3-14-5-9-19-18-7-4-13-12-15(21)6-8-16(13)17(18)10-11-20(14,19)2/h12,16-19H,3-11H2,1-2H3/t16-,17+,18+,19-,20+/m0/s1. The maximum absolute atomic E-state index is 11.7. The van der Waals surface area contributed by atoms with E-state index in [-0.39, 0.29) is 0 Å². The van der Waals surface area contributed by atoms with Crippen LogP contribution in [-0.4, -0.2) is 5.78 Å². The maximum Gasteiger partial charge on any atom is 0.155 e. The lowest BCUT2D eigenvalue weighted by atomic mass is 9.51. The van der Waals surface area contributed by atoms with Gasteiger partial charge in [-0.3, -0.25) is 4.79 Å². The van der Waals surface area contributed by atoms with E-state index in [9.17, 15) is 4.79 Å². The van der Waals surface area contributed by atoms with Crippen LogP contribution in [0, 0.1) is 35.0 Å². The molecule has 0 aliphatic heterocycles. The molecule has 0 aromatic heterocycles. The summed E-state index contributed by atoms with van der Waals surface area (Å²) in [5.41, 5.74) is 2.08. The summed E-state index contributed by atoms with van der Waals surface area (Å²) >= 11 is 0. The summed E-state index contributed by atoms with van der Waals surface area (Å²) in [5.74, 6) is 5.81. The van der Waals surface area contributed by atoms with Gasteiger partial charge in [0.25, 0.3) is 0 Å². The number of carbonyl (C=O) groups excluding carboxylic acids is 1. The van der Waals surface area contributed by atoms with Crippen LogP contribution in [0.1, 0.15) is 71.6 Å². The number of fused-ring (bicyclic) bond motifs is 5. The average Bonchev–Trinajstić information content (AvgIpc) is 2.83. The van der Waals surface area contributed by atoms with Crippen molar-refractivity contribution in [3.63, 3.8) is 0 Å². The van der Waals surface area contributed by atoms with Crippen molar-refractivity contribution in [2.24, 2.45) is 29.1 Å². The second-order valence-electron chi connectivity index (χ2n) is 8.26. The van der Waals surface area contributed by atoms with E-state index in [4.69, 9.17) is 0 Å². The summed E-state index contributed by atoms with van der Waals surface area (Å²) in [6.45, 7) is 4.94. The zero-order chi connectivity index (χ0) is 14.6. The van der Waals surface area contributed by atoms with Crippen LogP contribution in [0.5, 0.6) is 0 Å². The second-order valence-corrected chi connectivity index (χ2v) is 8.26. The van der Waals surface area contributed by atoms with Crippen molar-refractivity contribution < 1.29 is 4.79 Å². The van der Waals surface area contributed by atoms with Crippen LogP contribution < -0.4 is 0 Å². The highest BCUT2D eigenvalue weighted by molar-refractivity contribution is 5.91. The number of ketones is 1. The summed E-state index contributed by atoms with van der Waals surface area (Å²) in [6, 6.07) is 0. The molecule has 21 heavy (non-hydrogen) atoms. The molecule has 5 atom stereocenters. The van der Waals surface area contributed by atoms with Crippen molar-refractivity contribution in [3.8, 4) is 0 Å². The van der Waals surface area contributed by atoms with E-state index in [1.54, 1.807) is 0 Å². The Hall–Kier alpha value is -0.590. The normalized spacial score (nSPS) is 46.6. The molecule has 0 amide bonds. The van der Waals surface area contributed by atoms with Gasteiger partial charge in [0.15, 0.2) is 5.78 Å². The first kappa shape index (κ1) is 14.0.